The first-order valence-electron chi connectivity index (χ1n) is 16.8. The summed E-state index contributed by atoms with van der Waals surface area (Å²) in [6.45, 7) is -3.56. The molecule has 4 aliphatic rings. The highest BCUT2D eigenvalue weighted by atomic mass is 35.5. The van der Waals surface area contributed by atoms with Gasteiger partial charge in [-0.3, -0.25) is 10.1 Å². The lowest BCUT2D eigenvalue weighted by atomic mass is 9.95. The Kier molecular flexibility index (Phi) is 14.9. The first-order chi connectivity index (χ1) is 26.1. The summed E-state index contributed by atoms with van der Waals surface area (Å²) in [5.41, 5.74) is -0.367. The third kappa shape index (κ3) is 9.15. The van der Waals surface area contributed by atoms with Gasteiger partial charge in [0.05, 0.1) is 36.4 Å². The number of hydrogen-bond donors (Lipinski definition) is 13. The van der Waals surface area contributed by atoms with E-state index in [-0.39, 0.29) is 16.5 Å². The Labute approximate surface area is 314 Å². The quantitative estimate of drug-likeness (QED) is 0.0649. The van der Waals surface area contributed by atoms with Crippen molar-refractivity contribution in [1.82, 2.24) is 0 Å². The van der Waals surface area contributed by atoms with Crippen molar-refractivity contribution in [2.24, 2.45) is 0 Å². The summed E-state index contributed by atoms with van der Waals surface area (Å²) in [4.78, 5) is 10.3. The second-order valence-corrected chi connectivity index (χ2v) is 13.5. The van der Waals surface area contributed by atoms with E-state index in [1.165, 1.54) is 0 Å². The molecule has 0 bridgehead atoms. The number of non-ortho nitro benzene ring substituents is 1. The third-order valence-corrected chi connectivity index (χ3v) is 9.85. The van der Waals surface area contributed by atoms with Crippen molar-refractivity contribution in [3.8, 4) is 5.75 Å². The smallest absolute Gasteiger partial charge is 0.271 e. The number of nitro benzene ring substituents is 1. The van der Waals surface area contributed by atoms with Crippen LogP contribution in [0.5, 0.6) is 5.75 Å². The predicted molar refractivity (Wildman–Crippen MR) is 170 cm³/mol. The highest BCUT2D eigenvalue weighted by molar-refractivity contribution is 6.32. The monoisotopic (exact) mass is 821 g/mol. The fourth-order valence-electron chi connectivity index (χ4n) is 6.45. The van der Waals surface area contributed by atoms with E-state index in [9.17, 15) is 76.5 Å². The molecule has 0 spiro atoms. The Morgan fingerprint density at radius 3 is 1.29 bits per heavy atom. The standard InChI is InChI=1S/C30H44ClNO23/c31-9-3-8(32(46)47)1-2-10(9)48-27-21(43)17(39)24(12(5-34)50-27)54-29-23(45)19(41)26(14(7-36)52-29)55-30-22(44)18(40)25(13(6-35)51-30)53-28-20(42)16(38)15(37)11(4-33)49-28/h1-3,11-30,33-45H,4-7H2/t11-,12-,13-,14-,15+,16+,17-,18-,19-,20-,21-,22-,23-,24-,25-,26-,27+,28+,29-,30-/m1/s1. The second kappa shape index (κ2) is 18.7. The largest absolute Gasteiger partial charge is 0.460 e. The average molecular weight is 822 g/mol. The molecule has 0 aliphatic carbocycles. The molecule has 1 aromatic carbocycles. The van der Waals surface area contributed by atoms with Crippen molar-refractivity contribution < 1.29 is 109 Å². The van der Waals surface area contributed by atoms with E-state index in [0.29, 0.717) is 0 Å². The van der Waals surface area contributed by atoms with E-state index in [0.717, 1.165) is 18.2 Å². The van der Waals surface area contributed by atoms with Gasteiger partial charge in [-0.05, 0) is 6.07 Å². The predicted octanol–water partition coefficient (Wildman–Crippen LogP) is -7.10. The minimum atomic E-state index is -2.08. The number of aliphatic hydroxyl groups excluding tert-OH is 13. The van der Waals surface area contributed by atoms with Crippen molar-refractivity contribution in [1.29, 1.82) is 0 Å². The van der Waals surface area contributed by atoms with Crippen molar-refractivity contribution >= 4 is 17.3 Å². The van der Waals surface area contributed by atoms with Gasteiger partial charge in [-0.1, -0.05) is 11.6 Å². The van der Waals surface area contributed by atoms with Gasteiger partial charge in [0, 0.05) is 12.1 Å². The molecule has 0 saturated carbocycles. The summed E-state index contributed by atoms with van der Waals surface area (Å²) in [5, 5.41) is 146. The fourth-order valence-corrected chi connectivity index (χ4v) is 6.67. The highest BCUT2D eigenvalue weighted by Gasteiger charge is 2.55. The number of ether oxygens (including phenoxy) is 8. The second-order valence-electron chi connectivity index (χ2n) is 13.1. The molecule has 0 amide bonds. The molecule has 0 unspecified atom stereocenters. The van der Waals surface area contributed by atoms with Crippen molar-refractivity contribution in [3.63, 3.8) is 0 Å². The zero-order valence-corrected chi connectivity index (χ0v) is 29.1. The summed E-state index contributed by atoms with van der Waals surface area (Å²) < 4.78 is 44.2. The molecule has 4 saturated heterocycles. The summed E-state index contributed by atoms with van der Waals surface area (Å²) in [5.74, 6) is -0.188. The van der Waals surface area contributed by atoms with Crippen LogP contribution in [-0.2, 0) is 33.2 Å². The minimum Gasteiger partial charge on any atom is -0.460 e. The molecule has 5 rings (SSSR count). The molecule has 314 valence electrons. The molecule has 25 heteroatoms. The van der Waals surface area contributed by atoms with Crippen LogP contribution in [0.1, 0.15) is 0 Å². The van der Waals surface area contributed by atoms with E-state index in [2.05, 4.69) is 0 Å². The summed E-state index contributed by atoms with van der Waals surface area (Å²) in [6.07, 6.45) is -36.1. The van der Waals surface area contributed by atoms with Gasteiger partial charge in [-0.2, -0.15) is 0 Å². The van der Waals surface area contributed by atoms with Gasteiger partial charge < -0.3 is 104 Å². The van der Waals surface area contributed by atoms with Gasteiger partial charge in [0.2, 0.25) is 6.29 Å². The maximum absolute atomic E-state index is 11.1. The van der Waals surface area contributed by atoms with E-state index >= 15 is 0 Å². The molecule has 4 fully saturated rings. The van der Waals surface area contributed by atoms with Gasteiger partial charge in [-0.25, -0.2) is 0 Å². The van der Waals surface area contributed by atoms with E-state index in [4.69, 9.17) is 49.5 Å². The van der Waals surface area contributed by atoms with Gasteiger partial charge in [0.15, 0.2) is 18.9 Å². The Morgan fingerprint density at radius 2 is 0.909 bits per heavy atom. The van der Waals surface area contributed by atoms with Crippen molar-refractivity contribution in [2.75, 3.05) is 26.4 Å². The van der Waals surface area contributed by atoms with Gasteiger partial charge >= 0.3 is 0 Å². The normalized spacial score (nSPS) is 45.3. The highest BCUT2D eigenvalue weighted by Crippen LogP contribution is 2.36. The summed E-state index contributed by atoms with van der Waals surface area (Å²) >= 11 is 6.04. The number of benzene rings is 1. The van der Waals surface area contributed by atoms with Crippen LogP contribution < -0.4 is 4.74 Å². The Balaban J connectivity index is 1.23. The zero-order chi connectivity index (χ0) is 40.5. The lowest BCUT2D eigenvalue weighted by Crippen LogP contribution is -2.67. The molecule has 0 aromatic heterocycles. The molecular weight excluding hydrogens is 778 g/mol. The number of hydrogen-bond acceptors (Lipinski definition) is 23. The van der Waals surface area contributed by atoms with Crippen molar-refractivity contribution in [3.05, 3.63) is 33.3 Å². The maximum Gasteiger partial charge on any atom is 0.271 e. The molecule has 20 atom stereocenters. The van der Waals surface area contributed by atoms with E-state index < -0.39 is 154 Å². The SMILES string of the molecule is O=[N+]([O-])c1ccc(O[C@H]2O[C@H](CO)[C@@H](O[C@H]3O[C@H](CO)[C@@H](O[C@H]4O[C@H](CO)[C@@H](O[C@@H]5O[C@H](CO)[C@H](O)[C@H](O)[C@H]5O)[C@H](O)[C@H]4O)[C@H](O)[C@H]3O)[C@H](O)[C@H]2O)c(Cl)c1. The number of aliphatic hydroxyl groups is 13. The minimum absolute atomic E-state index is 0.188. The fraction of sp³-hybridized carbons (Fsp3) is 0.800. The van der Waals surface area contributed by atoms with Crippen molar-refractivity contribution in [2.45, 2.75) is 123 Å². The van der Waals surface area contributed by atoms with E-state index in [1.54, 1.807) is 0 Å². The average Bonchev–Trinajstić information content (AvgIpc) is 3.17. The molecule has 0 radical (unpaired) electrons. The van der Waals surface area contributed by atoms with Crippen LogP contribution in [0.25, 0.3) is 0 Å². The molecule has 1 aromatic rings. The number of nitrogens with zero attached hydrogens (tertiary/aromatic N) is 1. The van der Waals surface area contributed by atoms with Gasteiger partial charge in [0.25, 0.3) is 5.69 Å². The van der Waals surface area contributed by atoms with Gasteiger partial charge in [-0.15, -0.1) is 0 Å². The number of nitro groups is 1. The molecule has 4 heterocycles. The lowest BCUT2D eigenvalue weighted by Gasteiger charge is -2.49. The van der Waals surface area contributed by atoms with Crippen LogP contribution in [0.2, 0.25) is 5.02 Å². The number of halogens is 1. The van der Waals surface area contributed by atoms with Gasteiger partial charge in [0.1, 0.15) is 103 Å². The maximum atomic E-state index is 11.1. The first kappa shape index (κ1) is 44.0. The van der Waals surface area contributed by atoms with E-state index in [1.807, 2.05) is 0 Å². The topological polar surface area (TPSA) is 380 Å². The molecule has 24 nitrogen and oxygen atoms in total. The number of rotatable bonds is 13. The Morgan fingerprint density at radius 1 is 0.545 bits per heavy atom. The summed E-state index contributed by atoms with van der Waals surface area (Å²) in [7, 11) is 0. The van der Waals surface area contributed by atoms with Crippen LogP contribution in [0.4, 0.5) is 5.69 Å². The Bertz CT molecular complexity index is 1410. The molecule has 13 N–H and O–H groups in total. The van der Waals surface area contributed by atoms with Crippen LogP contribution in [0, 0.1) is 10.1 Å². The summed E-state index contributed by atoms with van der Waals surface area (Å²) in [6, 6.07) is 3.13. The van der Waals surface area contributed by atoms with Crippen LogP contribution in [0.15, 0.2) is 18.2 Å². The zero-order valence-electron chi connectivity index (χ0n) is 28.3. The lowest BCUT2D eigenvalue weighted by molar-refractivity contribution is -0.387. The first-order valence-corrected chi connectivity index (χ1v) is 17.2. The molecule has 4 aliphatic heterocycles. The third-order valence-electron chi connectivity index (χ3n) is 9.55. The van der Waals surface area contributed by atoms with Crippen LogP contribution >= 0.6 is 11.6 Å². The molecule has 55 heavy (non-hydrogen) atoms. The van der Waals surface area contributed by atoms with Crippen LogP contribution in [-0.4, -0.2) is 221 Å². The Hall–Kier alpha value is -2.09. The molecular formula is C30H44ClNO23. The van der Waals surface area contributed by atoms with Crippen LogP contribution in [0.3, 0.4) is 0 Å².